The van der Waals surface area contributed by atoms with Crippen LogP contribution >= 0.6 is 0 Å². The number of rotatable bonds is 4. The van der Waals surface area contributed by atoms with Crippen LogP contribution in [0.3, 0.4) is 0 Å². The monoisotopic (exact) mass is 284 g/mol. The number of hydrogen-bond donors (Lipinski definition) is 2. The normalized spacial score (nSPS) is 10.5. The maximum atomic E-state index is 12.1. The van der Waals surface area contributed by atoms with E-state index in [9.17, 15) is 4.79 Å². The molecule has 2 rings (SSSR count). The molecule has 1 heterocycles. The van der Waals surface area contributed by atoms with Crippen LogP contribution in [0.25, 0.3) is 0 Å². The number of nitrogens with zero attached hydrogens (tertiary/aromatic N) is 2. The third-order valence-corrected chi connectivity index (χ3v) is 3.10. The number of carbonyl (C=O) groups excluding carboxylic acids is 1. The number of amides is 1. The Morgan fingerprint density at radius 2 is 1.81 bits per heavy atom. The molecule has 2 aromatic rings. The van der Waals surface area contributed by atoms with E-state index in [4.69, 9.17) is 0 Å². The highest BCUT2D eigenvalue weighted by molar-refractivity contribution is 6.02. The molecule has 0 radical (unpaired) electrons. The summed E-state index contributed by atoms with van der Waals surface area (Å²) in [5.41, 5.74) is 3.38. The first-order valence-corrected chi connectivity index (χ1v) is 6.94. The Labute approximate surface area is 124 Å². The molecule has 1 amide bonds. The molecule has 5 heteroatoms. The molecule has 0 aliphatic carbocycles. The van der Waals surface area contributed by atoms with Gasteiger partial charge < -0.3 is 10.6 Å². The van der Waals surface area contributed by atoms with E-state index in [0.717, 1.165) is 11.3 Å². The van der Waals surface area contributed by atoms with Gasteiger partial charge in [0.2, 0.25) is 0 Å². The maximum absolute atomic E-state index is 12.1. The molecule has 0 saturated carbocycles. The fraction of sp³-hybridized carbons (Fsp3) is 0.312. The molecule has 21 heavy (non-hydrogen) atoms. The van der Waals surface area contributed by atoms with E-state index >= 15 is 0 Å². The van der Waals surface area contributed by atoms with Gasteiger partial charge in [0.15, 0.2) is 5.69 Å². The minimum atomic E-state index is -0.262. The highest BCUT2D eigenvalue weighted by atomic mass is 16.1. The number of nitrogens with one attached hydrogen (secondary N) is 2. The summed E-state index contributed by atoms with van der Waals surface area (Å²) in [5.74, 6) is 0.398. The lowest BCUT2D eigenvalue weighted by atomic mass is 10.1. The standard InChI is InChI=1S/C16H20N4O/c1-10(2)17-15-8-7-14(19-20-15)16(21)18-13-6-5-11(3)12(4)9-13/h5-10H,1-4H3,(H,17,20)(H,18,21). The zero-order valence-corrected chi connectivity index (χ0v) is 12.8. The number of hydrogen-bond acceptors (Lipinski definition) is 4. The summed E-state index contributed by atoms with van der Waals surface area (Å²) in [7, 11) is 0. The van der Waals surface area contributed by atoms with Crippen LogP contribution in [0, 0.1) is 13.8 Å². The molecule has 110 valence electrons. The summed E-state index contributed by atoms with van der Waals surface area (Å²) in [5, 5.41) is 13.9. The number of aryl methyl sites for hydroxylation is 2. The number of benzene rings is 1. The van der Waals surface area contributed by atoms with E-state index in [2.05, 4.69) is 20.8 Å². The molecule has 0 bridgehead atoms. The van der Waals surface area contributed by atoms with Crippen LogP contribution in [0.5, 0.6) is 0 Å². The first-order valence-electron chi connectivity index (χ1n) is 6.94. The molecular weight excluding hydrogens is 264 g/mol. The van der Waals surface area contributed by atoms with Crippen molar-refractivity contribution in [2.75, 3.05) is 10.6 Å². The average molecular weight is 284 g/mol. The molecule has 0 saturated heterocycles. The Morgan fingerprint density at radius 3 is 2.38 bits per heavy atom. The van der Waals surface area contributed by atoms with Crippen molar-refractivity contribution in [3.8, 4) is 0 Å². The molecule has 1 aromatic heterocycles. The number of anilines is 2. The van der Waals surface area contributed by atoms with E-state index in [1.54, 1.807) is 12.1 Å². The molecule has 0 unspecified atom stereocenters. The van der Waals surface area contributed by atoms with Gasteiger partial charge in [-0.25, -0.2) is 0 Å². The maximum Gasteiger partial charge on any atom is 0.276 e. The van der Waals surface area contributed by atoms with Crippen molar-refractivity contribution < 1.29 is 4.79 Å². The van der Waals surface area contributed by atoms with Crippen LogP contribution in [-0.4, -0.2) is 22.1 Å². The van der Waals surface area contributed by atoms with Crippen LogP contribution in [0.15, 0.2) is 30.3 Å². The summed E-state index contributed by atoms with van der Waals surface area (Å²) in [4.78, 5) is 12.1. The second-order valence-corrected chi connectivity index (χ2v) is 5.36. The first-order chi connectivity index (χ1) is 9.95. The van der Waals surface area contributed by atoms with Gasteiger partial charge in [0, 0.05) is 11.7 Å². The smallest absolute Gasteiger partial charge is 0.276 e. The summed E-state index contributed by atoms with van der Waals surface area (Å²) in [6.45, 7) is 8.08. The second-order valence-electron chi connectivity index (χ2n) is 5.36. The van der Waals surface area contributed by atoms with Crippen LogP contribution < -0.4 is 10.6 Å². The number of aromatic nitrogens is 2. The molecule has 5 nitrogen and oxygen atoms in total. The van der Waals surface area contributed by atoms with Crippen LogP contribution in [0.1, 0.15) is 35.5 Å². The number of carbonyl (C=O) groups is 1. The Hall–Kier alpha value is -2.43. The average Bonchev–Trinajstić information content (AvgIpc) is 2.43. The SMILES string of the molecule is Cc1ccc(NC(=O)c2ccc(NC(C)C)nn2)cc1C. The van der Waals surface area contributed by atoms with Crippen molar-refractivity contribution >= 4 is 17.4 Å². The predicted octanol–water partition coefficient (Wildman–Crippen LogP) is 3.17. The zero-order chi connectivity index (χ0) is 15.4. The molecular formula is C16H20N4O. The lowest BCUT2D eigenvalue weighted by molar-refractivity contribution is 0.102. The minimum Gasteiger partial charge on any atom is -0.366 e. The molecule has 0 spiro atoms. The summed E-state index contributed by atoms with van der Waals surface area (Å²) < 4.78 is 0. The predicted molar refractivity (Wildman–Crippen MR) is 84.7 cm³/mol. The molecule has 0 aliphatic rings. The topological polar surface area (TPSA) is 66.9 Å². The van der Waals surface area contributed by atoms with Gasteiger partial charge >= 0.3 is 0 Å². The van der Waals surface area contributed by atoms with Gasteiger partial charge in [0.05, 0.1) is 0 Å². The quantitative estimate of drug-likeness (QED) is 0.905. The summed E-state index contributed by atoms with van der Waals surface area (Å²) in [6.07, 6.45) is 0. The van der Waals surface area contributed by atoms with Crippen molar-refractivity contribution in [3.05, 3.63) is 47.2 Å². The molecule has 1 aromatic carbocycles. The van der Waals surface area contributed by atoms with E-state index < -0.39 is 0 Å². The molecule has 0 atom stereocenters. The Balaban J connectivity index is 2.07. The van der Waals surface area contributed by atoms with Crippen molar-refractivity contribution in [2.24, 2.45) is 0 Å². The highest BCUT2D eigenvalue weighted by Crippen LogP contribution is 2.15. The third kappa shape index (κ3) is 4.02. The Morgan fingerprint density at radius 1 is 1.05 bits per heavy atom. The van der Waals surface area contributed by atoms with Crippen molar-refractivity contribution in [3.63, 3.8) is 0 Å². The van der Waals surface area contributed by atoms with Crippen LogP contribution in [0.2, 0.25) is 0 Å². The van der Waals surface area contributed by atoms with Crippen molar-refractivity contribution in [1.29, 1.82) is 0 Å². The lowest BCUT2D eigenvalue weighted by Crippen LogP contribution is -2.16. The van der Waals surface area contributed by atoms with Gasteiger partial charge in [-0.1, -0.05) is 6.07 Å². The lowest BCUT2D eigenvalue weighted by Gasteiger charge is -2.09. The van der Waals surface area contributed by atoms with Crippen molar-refractivity contribution in [2.45, 2.75) is 33.7 Å². The third-order valence-electron chi connectivity index (χ3n) is 3.10. The Bertz CT molecular complexity index is 635. The van der Waals surface area contributed by atoms with Gasteiger partial charge in [0.1, 0.15) is 5.82 Å². The van der Waals surface area contributed by atoms with Crippen LogP contribution in [-0.2, 0) is 0 Å². The fourth-order valence-electron chi connectivity index (χ4n) is 1.84. The van der Waals surface area contributed by atoms with Gasteiger partial charge in [-0.05, 0) is 63.1 Å². The minimum absolute atomic E-state index is 0.262. The van der Waals surface area contributed by atoms with Crippen LogP contribution in [0.4, 0.5) is 11.5 Å². The Kier molecular flexibility index (Phi) is 4.52. The van der Waals surface area contributed by atoms with Gasteiger partial charge in [-0.3, -0.25) is 4.79 Å². The van der Waals surface area contributed by atoms with E-state index in [1.807, 2.05) is 45.9 Å². The molecule has 0 aliphatic heterocycles. The van der Waals surface area contributed by atoms with E-state index in [0.29, 0.717) is 11.5 Å². The largest absolute Gasteiger partial charge is 0.366 e. The molecule has 2 N–H and O–H groups in total. The second kappa shape index (κ2) is 6.35. The zero-order valence-electron chi connectivity index (χ0n) is 12.8. The van der Waals surface area contributed by atoms with Gasteiger partial charge in [0.25, 0.3) is 5.91 Å². The first kappa shape index (κ1) is 15.0. The molecule has 0 fully saturated rings. The summed E-state index contributed by atoms with van der Waals surface area (Å²) >= 11 is 0. The van der Waals surface area contributed by atoms with E-state index in [-0.39, 0.29) is 11.9 Å². The fourth-order valence-corrected chi connectivity index (χ4v) is 1.84. The van der Waals surface area contributed by atoms with Gasteiger partial charge in [-0.15, -0.1) is 10.2 Å². The van der Waals surface area contributed by atoms with E-state index in [1.165, 1.54) is 5.56 Å². The van der Waals surface area contributed by atoms with Crippen molar-refractivity contribution in [1.82, 2.24) is 10.2 Å². The summed E-state index contributed by atoms with van der Waals surface area (Å²) in [6, 6.07) is 9.48. The van der Waals surface area contributed by atoms with Gasteiger partial charge in [-0.2, -0.15) is 0 Å². The highest BCUT2D eigenvalue weighted by Gasteiger charge is 2.09.